The molecule has 0 aliphatic carbocycles. The summed E-state index contributed by atoms with van der Waals surface area (Å²) < 4.78 is 16.6. The van der Waals surface area contributed by atoms with Crippen molar-refractivity contribution in [3.05, 3.63) is 82.4 Å². The zero-order valence-corrected chi connectivity index (χ0v) is 17.6. The van der Waals surface area contributed by atoms with Crippen molar-refractivity contribution in [3.8, 4) is 23.0 Å². The van der Waals surface area contributed by atoms with Crippen molar-refractivity contribution >= 4 is 17.3 Å². The van der Waals surface area contributed by atoms with Crippen molar-refractivity contribution < 1.29 is 19.3 Å². The Kier molecular flexibility index (Phi) is 5.18. The molecule has 0 radical (unpaired) electrons. The highest BCUT2D eigenvalue weighted by atomic mass is 35.5. The average molecular weight is 437 g/mol. The maximum Gasteiger partial charge on any atom is 0.231 e. The van der Waals surface area contributed by atoms with Gasteiger partial charge in [-0.05, 0) is 48.0 Å². The Balaban J connectivity index is 1.59. The molecule has 31 heavy (non-hydrogen) atoms. The Hall–Kier alpha value is -3.22. The first-order valence-electron chi connectivity index (χ1n) is 9.96. The van der Waals surface area contributed by atoms with Crippen LogP contribution in [0.3, 0.4) is 0 Å². The number of fused-ring (bicyclic) bond motifs is 1. The molecule has 2 aliphatic rings. The van der Waals surface area contributed by atoms with Gasteiger partial charge >= 0.3 is 0 Å². The fourth-order valence-corrected chi connectivity index (χ4v) is 4.19. The van der Waals surface area contributed by atoms with Gasteiger partial charge in [-0.3, -0.25) is 10.3 Å². The highest BCUT2D eigenvalue weighted by Crippen LogP contribution is 2.39. The third-order valence-electron chi connectivity index (χ3n) is 5.55. The van der Waals surface area contributed by atoms with Crippen molar-refractivity contribution in [2.75, 3.05) is 13.9 Å². The van der Waals surface area contributed by atoms with E-state index in [0.717, 1.165) is 33.9 Å². The lowest BCUT2D eigenvalue weighted by Crippen LogP contribution is -2.33. The molecule has 0 fully saturated rings. The molecule has 0 amide bonds. The molecule has 0 aromatic heterocycles. The number of phenols is 1. The molecule has 6 nitrogen and oxygen atoms in total. The molecule has 3 aromatic carbocycles. The van der Waals surface area contributed by atoms with Gasteiger partial charge in [0.25, 0.3) is 0 Å². The molecule has 158 valence electrons. The first-order chi connectivity index (χ1) is 15.1. The van der Waals surface area contributed by atoms with Gasteiger partial charge in [-0.25, -0.2) is 0 Å². The summed E-state index contributed by atoms with van der Waals surface area (Å²) in [7, 11) is 1.64. The molecule has 2 N–H and O–H groups in total. The Morgan fingerprint density at radius 3 is 2.74 bits per heavy atom. The molecule has 0 saturated carbocycles. The number of nitrogens with zero attached hydrogens (tertiary/aromatic N) is 1. The SMILES string of the molecule is COc1ccccc1C1N=C(c2ccc3c(c2)OCO3)CC(c2cc(Cl)ccc2O)N1. The number of hydrogen-bond donors (Lipinski definition) is 2. The van der Waals surface area contributed by atoms with E-state index < -0.39 is 0 Å². The molecular formula is C24H21ClN2O4. The van der Waals surface area contributed by atoms with Crippen LogP contribution in [0.2, 0.25) is 5.02 Å². The van der Waals surface area contributed by atoms with Crippen molar-refractivity contribution in [1.82, 2.24) is 5.32 Å². The first-order valence-corrected chi connectivity index (χ1v) is 10.3. The Bertz CT molecular complexity index is 1160. The van der Waals surface area contributed by atoms with E-state index >= 15 is 0 Å². The van der Waals surface area contributed by atoms with Crippen molar-refractivity contribution in [2.45, 2.75) is 18.6 Å². The number of aromatic hydroxyl groups is 1. The van der Waals surface area contributed by atoms with Crippen LogP contribution in [0.1, 0.15) is 35.3 Å². The van der Waals surface area contributed by atoms with Crippen LogP contribution in [0, 0.1) is 0 Å². The van der Waals surface area contributed by atoms with Crippen molar-refractivity contribution in [3.63, 3.8) is 0 Å². The highest BCUT2D eigenvalue weighted by molar-refractivity contribution is 6.30. The maximum absolute atomic E-state index is 10.5. The van der Waals surface area contributed by atoms with Crippen LogP contribution >= 0.6 is 11.6 Å². The van der Waals surface area contributed by atoms with Gasteiger partial charge in [-0.2, -0.15) is 0 Å². The van der Waals surface area contributed by atoms with E-state index in [1.165, 1.54) is 0 Å². The Morgan fingerprint density at radius 1 is 1.03 bits per heavy atom. The number of nitrogens with one attached hydrogen (secondary N) is 1. The third kappa shape index (κ3) is 3.80. The predicted molar refractivity (Wildman–Crippen MR) is 118 cm³/mol. The summed E-state index contributed by atoms with van der Waals surface area (Å²) in [5, 5.41) is 14.6. The number of rotatable bonds is 4. The Labute approximate surface area is 185 Å². The molecule has 2 atom stereocenters. The van der Waals surface area contributed by atoms with Gasteiger partial charge < -0.3 is 19.3 Å². The van der Waals surface area contributed by atoms with Crippen LogP contribution in [0.15, 0.2) is 65.7 Å². The standard InChI is InChI=1S/C24H21ClN2O4/c1-29-21-5-3-2-4-16(21)24-26-18(14-6-9-22-23(10-14)31-13-30-22)12-19(27-24)17-11-15(25)7-8-20(17)28/h2-11,19,24,27-28H,12-13H2,1H3. The number of para-hydroxylation sites is 1. The second-order valence-electron chi connectivity index (χ2n) is 7.41. The lowest BCUT2D eigenvalue weighted by molar-refractivity contribution is 0.174. The average Bonchev–Trinajstić information content (AvgIpc) is 3.28. The molecular weight excluding hydrogens is 416 g/mol. The topological polar surface area (TPSA) is 72.3 Å². The minimum Gasteiger partial charge on any atom is -0.508 e. The minimum absolute atomic E-state index is 0.188. The van der Waals surface area contributed by atoms with E-state index in [1.807, 2.05) is 42.5 Å². The van der Waals surface area contributed by atoms with E-state index in [4.69, 9.17) is 30.8 Å². The van der Waals surface area contributed by atoms with Gasteiger partial charge in [0, 0.05) is 34.3 Å². The van der Waals surface area contributed by atoms with Crippen LogP contribution in [0.25, 0.3) is 0 Å². The molecule has 2 heterocycles. The summed E-state index contributed by atoms with van der Waals surface area (Å²) in [6, 6.07) is 18.5. The summed E-state index contributed by atoms with van der Waals surface area (Å²) in [4.78, 5) is 5.00. The van der Waals surface area contributed by atoms with Gasteiger partial charge in [0.05, 0.1) is 7.11 Å². The fraction of sp³-hybridized carbons (Fsp3) is 0.208. The van der Waals surface area contributed by atoms with Crippen molar-refractivity contribution in [1.29, 1.82) is 0 Å². The summed E-state index contributed by atoms with van der Waals surface area (Å²) in [6.45, 7) is 0.218. The van der Waals surface area contributed by atoms with Gasteiger partial charge in [0.15, 0.2) is 11.5 Å². The number of hydrogen-bond acceptors (Lipinski definition) is 6. The highest BCUT2D eigenvalue weighted by Gasteiger charge is 2.30. The largest absolute Gasteiger partial charge is 0.508 e. The quantitative estimate of drug-likeness (QED) is 0.601. The molecule has 5 rings (SSSR count). The zero-order chi connectivity index (χ0) is 21.4. The predicted octanol–water partition coefficient (Wildman–Crippen LogP) is 5.01. The molecule has 0 bridgehead atoms. The zero-order valence-electron chi connectivity index (χ0n) is 16.8. The first kappa shape index (κ1) is 19.7. The molecule has 2 unspecified atom stereocenters. The molecule has 0 saturated heterocycles. The van der Waals surface area contributed by atoms with E-state index in [9.17, 15) is 5.11 Å². The lowest BCUT2D eigenvalue weighted by atomic mass is 9.93. The number of ether oxygens (including phenoxy) is 3. The number of aliphatic imine (C=N–C) groups is 1. The van der Waals surface area contributed by atoms with Crippen LogP contribution in [-0.4, -0.2) is 24.7 Å². The number of halogens is 1. The summed E-state index contributed by atoms with van der Waals surface area (Å²) >= 11 is 6.23. The van der Waals surface area contributed by atoms with Crippen LogP contribution in [0.5, 0.6) is 23.0 Å². The fourth-order valence-electron chi connectivity index (χ4n) is 4.01. The van der Waals surface area contributed by atoms with Crippen LogP contribution in [0.4, 0.5) is 0 Å². The second-order valence-corrected chi connectivity index (χ2v) is 7.85. The number of benzene rings is 3. The molecule has 7 heteroatoms. The van der Waals surface area contributed by atoms with Gasteiger partial charge in [-0.1, -0.05) is 29.8 Å². The maximum atomic E-state index is 10.5. The Morgan fingerprint density at radius 2 is 1.87 bits per heavy atom. The normalized spacial score (nSPS) is 19.7. The summed E-state index contributed by atoms with van der Waals surface area (Å²) in [5.41, 5.74) is 3.46. The second kappa shape index (κ2) is 8.13. The minimum atomic E-state index is -0.367. The van der Waals surface area contributed by atoms with E-state index in [0.29, 0.717) is 17.2 Å². The van der Waals surface area contributed by atoms with E-state index in [-0.39, 0.29) is 24.8 Å². The number of methoxy groups -OCH3 is 1. The van der Waals surface area contributed by atoms with Gasteiger partial charge in [-0.15, -0.1) is 0 Å². The van der Waals surface area contributed by atoms with Gasteiger partial charge in [0.2, 0.25) is 6.79 Å². The number of phenolic OH excluding ortho intramolecular Hbond substituents is 1. The molecule has 0 spiro atoms. The van der Waals surface area contributed by atoms with Crippen molar-refractivity contribution in [2.24, 2.45) is 4.99 Å². The van der Waals surface area contributed by atoms with Crippen LogP contribution in [-0.2, 0) is 0 Å². The van der Waals surface area contributed by atoms with Gasteiger partial charge in [0.1, 0.15) is 17.7 Å². The molecule has 2 aliphatic heterocycles. The third-order valence-corrected chi connectivity index (χ3v) is 5.78. The van der Waals surface area contributed by atoms with Crippen LogP contribution < -0.4 is 19.5 Å². The summed E-state index contributed by atoms with van der Waals surface area (Å²) in [6.07, 6.45) is 0.202. The smallest absolute Gasteiger partial charge is 0.231 e. The lowest BCUT2D eigenvalue weighted by Gasteiger charge is -2.31. The monoisotopic (exact) mass is 436 g/mol. The summed E-state index contributed by atoms with van der Waals surface area (Å²) in [5.74, 6) is 2.36. The van der Waals surface area contributed by atoms with E-state index in [2.05, 4.69) is 5.32 Å². The molecule has 3 aromatic rings. The van der Waals surface area contributed by atoms with E-state index in [1.54, 1.807) is 25.3 Å².